The van der Waals surface area contributed by atoms with Gasteiger partial charge in [0.15, 0.2) is 12.4 Å². The van der Waals surface area contributed by atoms with Crippen LogP contribution in [-0.2, 0) is 20.7 Å². The van der Waals surface area contributed by atoms with Gasteiger partial charge in [-0.2, -0.15) is 0 Å². The number of hydrogen-bond donors (Lipinski definition) is 3. The van der Waals surface area contributed by atoms with Gasteiger partial charge in [-0.1, -0.05) is 87.8 Å². The van der Waals surface area contributed by atoms with Crippen LogP contribution in [0.5, 0.6) is 0 Å². The second-order valence-electron chi connectivity index (χ2n) is 11.1. The third-order valence-electron chi connectivity index (χ3n) is 7.90. The maximum atomic E-state index is 11.8. The molecular weight excluding hydrogens is 492 g/mol. The van der Waals surface area contributed by atoms with Crippen LogP contribution < -0.4 is 0 Å². The Morgan fingerprint density at radius 3 is 2.18 bits per heavy atom. The van der Waals surface area contributed by atoms with Crippen molar-refractivity contribution in [1.82, 2.24) is 0 Å². The van der Waals surface area contributed by atoms with E-state index in [9.17, 15) is 19.8 Å². The monoisotopic (exact) mass is 544 g/mol. The fourth-order valence-electron chi connectivity index (χ4n) is 5.53. The lowest BCUT2D eigenvalue weighted by atomic mass is 9.80. The Morgan fingerprint density at radius 1 is 0.897 bits per heavy atom. The van der Waals surface area contributed by atoms with E-state index in [1.165, 1.54) is 70.6 Å². The Morgan fingerprint density at radius 2 is 1.51 bits per heavy atom. The Hall–Kier alpha value is -2.02. The van der Waals surface area contributed by atoms with Gasteiger partial charge in [0.25, 0.3) is 0 Å². The molecule has 1 aromatic rings. The lowest BCUT2D eigenvalue weighted by molar-refractivity contribution is -0.163. The van der Waals surface area contributed by atoms with Crippen LogP contribution in [0.1, 0.15) is 126 Å². The first-order valence-electron chi connectivity index (χ1n) is 15.4. The van der Waals surface area contributed by atoms with Crippen LogP contribution in [0.4, 0.5) is 0 Å². The molecule has 220 valence electrons. The Bertz CT molecular complexity index is 822. The van der Waals surface area contributed by atoms with Crippen molar-refractivity contribution in [1.29, 1.82) is 0 Å². The van der Waals surface area contributed by atoms with Crippen molar-refractivity contribution >= 4 is 12.3 Å². The fourth-order valence-corrected chi connectivity index (χ4v) is 5.53. The molecule has 0 aliphatic heterocycles. The largest absolute Gasteiger partial charge is 0.452 e. The van der Waals surface area contributed by atoms with Gasteiger partial charge in [0.05, 0.1) is 6.61 Å². The predicted molar refractivity (Wildman–Crippen MR) is 156 cm³/mol. The smallest absolute Gasteiger partial charge is 0.306 e. The summed E-state index contributed by atoms with van der Waals surface area (Å²) in [4.78, 5) is 22.8. The third-order valence-corrected chi connectivity index (χ3v) is 7.90. The van der Waals surface area contributed by atoms with Crippen molar-refractivity contribution in [2.45, 2.75) is 140 Å². The van der Waals surface area contributed by atoms with Crippen molar-refractivity contribution < 1.29 is 29.6 Å². The van der Waals surface area contributed by atoms with Gasteiger partial charge < -0.3 is 20.1 Å². The summed E-state index contributed by atoms with van der Waals surface area (Å²) in [5.41, 5.74) is 3.21. The summed E-state index contributed by atoms with van der Waals surface area (Å²) in [5, 5.41) is 27.9. The molecule has 1 aliphatic carbocycles. The molecule has 0 spiro atoms. The number of benzene rings is 1. The molecule has 0 amide bonds. The standard InChI is InChI=1S/C33H52O6/c34-25-30(36)33(38)31(26-35)39-32(37)24-15-13-11-9-7-5-3-1-2-4-6-8-10-12-14-19-27-21-18-22-28-20-16-17-23-29(27)28/h1,3,16-17,20,23,26-27,30-31,33-34,36,38H,2,4-15,18-19,21-22,24-25H2/b3-1-/t27?,30-,31+,33+/m1/s1. The first-order valence-corrected chi connectivity index (χ1v) is 15.4. The molecule has 0 fully saturated rings. The summed E-state index contributed by atoms with van der Waals surface area (Å²) in [7, 11) is 0. The van der Waals surface area contributed by atoms with Gasteiger partial charge in [-0.3, -0.25) is 9.59 Å². The second kappa shape index (κ2) is 20.8. The van der Waals surface area contributed by atoms with Crippen LogP contribution in [-0.4, -0.2) is 52.5 Å². The molecule has 1 aromatic carbocycles. The van der Waals surface area contributed by atoms with Gasteiger partial charge in [0, 0.05) is 6.42 Å². The van der Waals surface area contributed by atoms with E-state index in [1.54, 1.807) is 11.1 Å². The molecule has 6 nitrogen and oxygen atoms in total. The van der Waals surface area contributed by atoms with Crippen LogP contribution in [0.2, 0.25) is 0 Å². The maximum absolute atomic E-state index is 11.8. The first kappa shape index (κ1) is 33.2. The Labute approximate surface area is 235 Å². The highest BCUT2D eigenvalue weighted by molar-refractivity contribution is 5.72. The normalized spacial score (nSPS) is 17.5. The van der Waals surface area contributed by atoms with E-state index in [0.717, 1.165) is 38.0 Å². The fraction of sp³-hybridized carbons (Fsp3) is 0.697. The predicted octanol–water partition coefficient (Wildman–Crippen LogP) is 6.34. The van der Waals surface area contributed by atoms with Gasteiger partial charge in [-0.15, -0.1) is 0 Å². The quantitative estimate of drug-likeness (QED) is 0.0681. The summed E-state index contributed by atoms with van der Waals surface area (Å²) >= 11 is 0. The van der Waals surface area contributed by atoms with Crippen molar-refractivity contribution in [3.63, 3.8) is 0 Å². The lowest BCUT2D eigenvalue weighted by Gasteiger charge is -2.25. The zero-order valence-electron chi connectivity index (χ0n) is 23.9. The molecule has 0 radical (unpaired) electrons. The zero-order chi connectivity index (χ0) is 28.1. The number of aliphatic hydroxyl groups is 3. The zero-order valence-corrected chi connectivity index (χ0v) is 23.9. The van der Waals surface area contributed by atoms with Gasteiger partial charge in [0.1, 0.15) is 12.2 Å². The molecule has 1 aliphatic rings. The summed E-state index contributed by atoms with van der Waals surface area (Å²) in [6, 6.07) is 9.06. The molecule has 4 atom stereocenters. The van der Waals surface area contributed by atoms with Gasteiger partial charge >= 0.3 is 5.97 Å². The van der Waals surface area contributed by atoms with E-state index in [1.807, 2.05) is 0 Å². The number of aliphatic hydroxyl groups excluding tert-OH is 3. The molecule has 1 unspecified atom stereocenters. The molecule has 0 saturated carbocycles. The average molecular weight is 545 g/mol. The minimum Gasteiger partial charge on any atom is -0.452 e. The summed E-state index contributed by atoms with van der Waals surface area (Å²) < 4.78 is 4.90. The number of unbranched alkanes of at least 4 members (excludes halogenated alkanes) is 11. The summed E-state index contributed by atoms with van der Waals surface area (Å²) in [5.74, 6) is 0.215. The van der Waals surface area contributed by atoms with E-state index in [4.69, 9.17) is 9.84 Å². The highest BCUT2D eigenvalue weighted by atomic mass is 16.6. The number of rotatable bonds is 22. The minimum absolute atomic E-state index is 0.168. The maximum Gasteiger partial charge on any atom is 0.306 e. The van der Waals surface area contributed by atoms with E-state index < -0.39 is 30.9 Å². The van der Waals surface area contributed by atoms with Gasteiger partial charge in [-0.25, -0.2) is 0 Å². The second-order valence-corrected chi connectivity index (χ2v) is 11.1. The molecule has 39 heavy (non-hydrogen) atoms. The average Bonchev–Trinajstić information content (AvgIpc) is 2.96. The highest BCUT2D eigenvalue weighted by Crippen LogP contribution is 2.35. The van der Waals surface area contributed by atoms with E-state index >= 15 is 0 Å². The van der Waals surface area contributed by atoms with Crippen LogP contribution in [0, 0.1) is 0 Å². The minimum atomic E-state index is -1.62. The molecule has 6 heteroatoms. The van der Waals surface area contributed by atoms with Crippen molar-refractivity contribution in [2.75, 3.05) is 6.61 Å². The third kappa shape index (κ3) is 13.7. The number of aldehydes is 1. The summed E-state index contributed by atoms with van der Waals surface area (Å²) in [6.07, 6.45) is 21.0. The molecule has 0 saturated heterocycles. The summed E-state index contributed by atoms with van der Waals surface area (Å²) in [6.45, 7) is -0.713. The molecule has 0 heterocycles. The van der Waals surface area contributed by atoms with Crippen molar-refractivity contribution in [2.24, 2.45) is 0 Å². The number of ether oxygens (including phenoxy) is 1. The molecule has 0 aromatic heterocycles. The molecule has 0 bridgehead atoms. The van der Waals surface area contributed by atoms with Gasteiger partial charge in [-0.05, 0) is 74.8 Å². The van der Waals surface area contributed by atoms with E-state index in [2.05, 4.69) is 36.4 Å². The SMILES string of the molecule is O=C[C@H](OC(=O)CCCCCCC/C=C\CCCCCCCCC1CCCc2ccccc21)[C@@H](O)[C@H](O)CO. The number of allylic oxidation sites excluding steroid dienone is 2. The van der Waals surface area contributed by atoms with Crippen molar-refractivity contribution in [3.05, 3.63) is 47.5 Å². The van der Waals surface area contributed by atoms with E-state index in [0.29, 0.717) is 6.42 Å². The van der Waals surface area contributed by atoms with Crippen LogP contribution in [0.15, 0.2) is 36.4 Å². The number of aryl methyl sites for hydroxylation is 1. The first-order chi connectivity index (χ1) is 19.1. The Balaban J connectivity index is 1.35. The number of hydrogen-bond acceptors (Lipinski definition) is 6. The van der Waals surface area contributed by atoms with Crippen LogP contribution >= 0.6 is 0 Å². The number of carbonyl (C=O) groups excluding carboxylic acids is 2. The number of esters is 1. The van der Waals surface area contributed by atoms with Crippen molar-refractivity contribution in [3.8, 4) is 0 Å². The van der Waals surface area contributed by atoms with Crippen LogP contribution in [0.25, 0.3) is 0 Å². The molecule has 2 rings (SSSR count). The Kier molecular flexibility index (Phi) is 17.7. The highest BCUT2D eigenvalue weighted by Gasteiger charge is 2.28. The number of carbonyl (C=O) groups is 2. The topological polar surface area (TPSA) is 104 Å². The van der Waals surface area contributed by atoms with Crippen LogP contribution in [0.3, 0.4) is 0 Å². The molecular formula is C33H52O6. The van der Waals surface area contributed by atoms with E-state index in [-0.39, 0.29) is 12.7 Å². The van der Waals surface area contributed by atoms with Gasteiger partial charge in [0.2, 0.25) is 0 Å². The number of fused-ring (bicyclic) bond motifs is 1. The lowest BCUT2D eigenvalue weighted by Crippen LogP contribution is -2.42. The molecule has 3 N–H and O–H groups in total.